The summed E-state index contributed by atoms with van der Waals surface area (Å²) in [5, 5.41) is 0. The first-order chi connectivity index (χ1) is 11.9. The zero-order valence-electron chi connectivity index (χ0n) is 14.2. The molecule has 7 heteroatoms. The molecule has 0 aromatic heterocycles. The number of benzene rings is 2. The van der Waals surface area contributed by atoms with E-state index in [1.54, 1.807) is 12.1 Å². The van der Waals surface area contributed by atoms with E-state index in [0.717, 1.165) is 11.1 Å². The van der Waals surface area contributed by atoms with Crippen LogP contribution in [0.15, 0.2) is 59.5 Å². The molecule has 0 bridgehead atoms. The van der Waals surface area contributed by atoms with E-state index in [1.165, 1.54) is 24.1 Å². The Hall–Kier alpha value is -2.38. The summed E-state index contributed by atoms with van der Waals surface area (Å²) in [6, 6.07) is 15.7. The SMILES string of the molecule is Cc1ccc(S(=O)(=O)OCCN(C)C(=O)OCc2ccccc2)cc1. The van der Waals surface area contributed by atoms with Crippen LogP contribution >= 0.6 is 0 Å². The van der Waals surface area contributed by atoms with E-state index in [2.05, 4.69) is 0 Å². The van der Waals surface area contributed by atoms with Gasteiger partial charge in [-0.3, -0.25) is 4.18 Å². The molecule has 0 aliphatic carbocycles. The minimum absolute atomic E-state index is 0.0902. The van der Waals surface area contributed by atoms with Gasteiger partial charge < -0.3 is 9.64 Å². The summed E-state index contributed by atoms with van der Waals surface area (Å²) in [7, 11) is -2.31. The van der Waals surface area contributed by atoms with Gasteiger partial charge in [0.25, 0.3) is 10.1 Å². The van der Waals surface area contributed by atoms with Gasteiger partial charge in [0.1, 0.15) is 6.61 Å². The highest BCUT2D eigenvalue weighted by atomic mass is 32.2. The first kappa shape index (κ1) is 19.0. The van der Waals surface area contributed by atoms with Crippen LogP contribution in [-0.4, -0.2) is 39.6 Å². The van der Waals surface area contributed by atoms with Crippen molar-refractivity contribution in [2.45, 2.75) is 18.4 Å². The van der Waals surface area contributed by atoms with Gasteiger partial charge in [-0.25, -0.2) is 4.79 Å². The normalized spacial score (nSPS) is 11.1. The highest BCUT2D eigenvalue weighted by molar-refractivity contribution is 7.86. The van der Waals surface area contributed by atoms with E-state index >= 15 is 0 Å². The maximum atomic E-state index is 12.0. The van der Waals surface area contributed by atoms with Crippen molar-refractivity contribution in [1.82, 2.24) is 4.90 Å². The number of hydrogen-bond acceptors (Lipinski definition) is 5. The maximum absolute atomic E-state index is 12.0. The lowest BCUT2D eigenvalue weighted by atomic mass is 10.2. The van der Waals surface area contributed by atoms with Gasteiger partial charge in [-0.15, -0.1) is 0 Å². The van der Waals surface area contributed by atoms with Crippen LogP contribution in [0, 0.1) is 6.92 Å². The molecule has 0 fully saturated rings. The highest BCUT2D eigenvalue weighted by Gasteiger charge is 2.16. The number of likely N-dealkylation sites (N-methyl/N-ethyl adjacent to an activating group) is 1. The van der Waals surface area contributed by atoms with Gasteiger partial charge in [-0.05, 0) is 24.6 Å². The molecular weight excluding hydrogens is 342 g/mol. The Balaban J connectivity index is 1.78. The predicted molar refractivity (Wildman–Crippen MR) is 93.6 cm³/mol. The Kier molecular flexibility index (Phi) is 6.55. The molecular formula is C18H21NO5S. The van der Waals surface area contributed by atoms with Crippen molar-refractivity contribution in [3.05, 3.63) is 65.7 Å². The zero-order chi connectivity index (χ0) is 18.3. The first-order valence-electron chi connectivity index (χ1n) is 7.76. The Bertz CT molecular complexity index is 788. The lowest BCUT2D eigenvalue weighted by Gasteiger charge is -2.17. The number of ether oxygens (including phenoxy) is 1. The predicted octanol–water partition coefficient (Wildman–Crippen LogP) is 2.97. The van der Waals surface area contributed by atoms with Gasteiger partial charge in [0.15, 0.2) is 0 Å². The van der Waals surface area contributed by atoms with Crippen molar-refractivity contribution < 1.29 is 22.1 Å². The minimum atomic E-state index is -3.83. The van der Waals surface area contributed by atoms with Crippen molar-refractivity contribution in [1.29, 1.82) is 0 Å². The first-order valence-corrected chi connectivity index (χ1v) is 9.17. The van der Waals surface area contributed by atoms with E-state index in [0.29, 0.717) is 0 Å². The third-order valence-electron chi connectivity index (χ3n) is 3.49. The molecule has 25 heavy (non-hydrogen) atoms. The fourth-order valence-electron chi connectivity index (χ4n) is 1.98. The van der Waals surface area contributed by atoms with Gasteiger partial charge in [-0.2, -0.15) is 8.42 Å². The van der Waals surface area contributed by atoms with Crippen LogP contribution < -0.4 is 0 Å². The van der Waals surface area contributed by atoms with Gasteiger partial charge in [0, 0.05) is 13.6 Å². The van der Waals surface area contributed by atoms with Crippen molar-refractivity contribution in [2.24, 2.45) is 0 Å². The third-order valence-corrected chi connectivity index (χ3v) is 4.82. The van der Waals surface area contributed by atoms with Gasteiger partial charge in [-0.1, -0.05) is 48.0 Å². The molecule has 2 aromatic rings. The molecule has 1 amide bonds. The molecule has 6 nitrogen and oxygen atoms in total. The number of nitrogens with zero attached hydrogens (tertiary/aromatic N) is 1. The highest BCUT2D eigenvalue weighted by Crippen LogP contribution is 2.13. The summed E-state index contributed by atoms with van der Waals surface area (Å²) in [6.45, 7) is 1.98. The van der Waals surface area contributed by atoms with Crippen LogP contribution in [0.5, 0.6) is 0 Å². The monoisotopic (exact) mass is 363 g/mol. The molecule has 0 radical (unpaired) electrons. The number of carbonyl (C=O) groups is 1. The molecule has 2 aromatic carbocycles. The molecule has 134 valence electrons. The van der Waals surface area contributed by atoms with Crippen molar-refractivity contribution in [2.75, 3.05) is 20.2 Å². The lowest BCUT2D eigenvalue weighted by molar-refractivity contribution is 0.0997. The minimum Gasteiger partial charge on any atom is -0.445 e. The van der Waals surface area contributed by atoms with Crippen LogP contribution in [0.2, 0.25) is 0 Å². The second kappa shape index (κ2) is 8.64. The van der Waals surface area contributed by atoms with E-state index in [1.807, 2.05) is 37.3 Å². The number of hydrogen-bond donors (Lipinski definition) is 0. The van der Waals surface area contributed by atoms with Gasteiger partial charge in [0.05, 0.1) is 11.5 Å². The molecule has 0 heterocycles. The van der Waals surface area contributed by atoms with Gasteiger partial charge in [0.2, 0.25) is 0 Å². The molecule has 0 unspecified atom stereocenters. The number of aryl methyl sites for hydroxylation is 1. The summed E-state index contributed by atoms with van der Waals surface area (Å²) in [5.41, 5.74) is 1.84. The Morgan fingerprint density at radius 1 is 1.04 bits per heavy atom. The van der Waals surface area contributed by atoms with Crippen molar-refractivity contribution in [3.8, 4) is 0 Å². The van der Waals surface area contributed by atoms with Crippen molar-refractivity contribution in [3.63, 3.8) is 0 Å². The average Bonchev–Trinajstić information content (AvgIpc) is 2.60. The van der Waals surface area contributed by atoms with E-state index in [-0.39, 0.29) is 24.7 Å². The zero-order valence-corrected chi connectivity index (χ0v) is 15.0. The summed E-state index contributed by atoms with van der Waals surface area (Å²) in [5.74, 6) is 0. The van der Waals surface area contributed by atoms with Gasteiger partial charge >= 0.3 is 6.09 Å². The molecule has 0 atom stereocenters. The molecule has 0 aliphatic rings. The number of amides is 1. The van der Waals surface area contributed by atoms with Crippen LogP contribution in [-0.2, 0) is 25.6 Å². The molecule has 0 saturated carbocycles. The summed E-state index contributed by atoms with van der Waals surface area (Å²) in [4.78, 5) is 13.2. The smallest absolute Gasteiger partial charge is 0.409 e. The van der Waals surface area contributed by atoms with Crippen LogP contribution in [0.4, 0.5) is 4.79 Å². The molecule has 2 rings (SSSR count). The van der Waals surface area contributed by atoms with E-state index in [9.17, 15) is 13.2 Å². The molecule has 0 spiro atoms. The summed E-state index contributed by atoms with van der Waals surface area (Å²) in [6.07, 6.45) is -0.541. The largest absolute Gasteiger partial charge is 0.445 e. The quantitative estimate of drug-likeness (QED) is 0.707. The fourth-order valence-corrected chi connectivity index (χ4v) is 2.88. The number of carbonyl (C=O) groups excluding carboxylic acids is 1. The summed E-state index contributed by atoms with van der Waals surface area (Å²) >= 11 is 0. The fraction of sp³-hybridized carbons (Fsp3) is 0.278. The standard InChI is InChI=1S/C18H21NO5S/c1-15-8-10-17(11-9-15)25(21,22)24-13-12-19(2)18(20)23-14-16-6-4-3-5-7-16/h3-11H,12-14H2,1-2H3. The Morgan fingerprint density at radius 2 is 1.68 bits per heavy atom. The average molecular weight is 363 g/mol. The Morgan fingerprint density at radius 3 is 2.32 bits per heavy atom. The second-order valence-electron chi connectivity index (χ2n) is 5.55. The third kappa shape index (κ3) is 5.88. The van der Waals surface area contributed by atoms with Crippen LogP contribution in [0.3, 0.4) is 0 Å². The van der Waals surface area contributed by atoms with Crippen LogP contribution in [0.1, 0.15) is 11.1 Å². The van der Waals surface area contributed by atoms with E-state index in [4.69, 9.17) is 8.92 Å². The molecule has 0 saturated heterocycles. The van der Waals surface area contributed by atoms with Crippen LogP contribution in [0.25, 0.3) is 0 Å². The molecule has 0 aliphatic heterocycles. The van der Waals surface area contributed by atoms with Crippen molar-refractivity contribution >= 4 is 16.2 Å². The summed E-state index contributed by atoms with van der Waals surface area (Å²) < 4.78 is 34.2. The molecule has 0 N–H and O–H groups in total. The topological polar surface area (TPSA) is 72.9 Å². The lowest BCUT2D eigenvalue weighted by Crippen LogP contribution is -2.31. The second-order valence-corrected chi connectivity index (χ2v) is 7.17. The maximum Gasteiger partial charge on any atom is 0.409 e. The Labute approximate surface area is 148 Å². The van der Waals surface area contributed by atoms with E-state index < -0.39 is 16.2 Å². The number of rotatable bonds is 7.